The predicted molar refractivity (Wildman–Crippen MR) is 132 cm³/mol. The van der Waals surface area contributed by atoms with Gasteiger partial charge in [0.25, 0.3) is 11.8 Å². The summed E-state index contributed by atoms with van der Waals surface area (Å²) in [5.41, 5.74) is 1.85. The molecule has 0 aliphatic carbocycles. The highest BCUT2D eigenvalue weighted by Crippen LogP contribution is 2.23. The number of fused-ring (bicyclic) bond motifs is 1. The minimum absolute atomic E-state index is 0.181. The highest BCUT2D eigenvalue weighted by atomic mass is 16.4. The highest BCUT2D eigenvalue weighted by Gasteiger charge is 2.24. The maximum Gasteiger partial charge on any atom is 0.284 e. The van der Waals surface area contributed by atoms with E-state index in [1.807, 2.05) is 49.4 Å². The summed E-state index contributed by atoms with van der Waals surface area (Å²) in [6.45, 7) is 2.06. The van der Waals surface area contributed by atoms with Gasteiger partial charge in [0.05, 0.1) is 13.0 Å². The Morgan fingerprint density at radius 2 is 1.66 bits per heavy atom. The smallest absolute Gasteiger partial charge is 0.284 e. The Kier molecular flexibility index (Phi) is 7.01. The molecule has 2 amide bonds. The van der Waals surface area contributed by atoms with Gasteiger partial charge in [0.15, 0.2) is 0 Å². The Hall–Kier alpha value is -4.33. The van der Waals surface area contributed by atoms with E-state index in [1.54, 1.807) is 38.4 Å². The summed E-state index contributed by atoms with van der Waals surface area (Å²) >= 11 is 0. The van der Waals surface area contributed by atoms with Gasteiger partial charge in [-0.2, -0.15) is 0 Å². The molecule has 0 aliphatic rings. The Morgan fingerprint density at radius 1 is 0.886 bits per heavy atom. The second-order valence-electron chi connectivity index (χ2n) is 8.37. The van der Waals surface area contributed by atoms with E-state index in [9.17, 15) is 14.4 Å². The second-order valence-corrected chi connectivity index (χ2v) is 8.37. The van der Waals surface area contributed by atoms with Crippen LogP contribution in [0.2, 0.25) is 0 Å². The van der Waals surface area contributed by atoms with Crippen LogP contribution in [0.4, 0.5) is 5.69 Å². The maximum absolute atomic E-state index is 13.4. The summed E-state index contributed by atoms with van der Waals surface area (Å²) in [5, 5.41) is 9.70. The molecule has 8 heteroatoms. The molecule has 0 N–H and O–H groups in total. The average molecular weight is 471 g/mol. The first kappa shape index (κ1) is 23.8. The predicted octanol–water partition coefficient (Wildman–Crippen LogP) is 4.29. The molecule has 4 aromatic rings. The van der Waals surface area contributed by atoms with Crippen LogP contribution < -0.4 is 4.90 Å². The molecule has 1 aromatic heterocycles. The van der Waals surface area contributed by atoms with Crippen LogP contribution in [0.3, 0.4) is 0 Å². The summed E-state index contributed by atoms with van der Waals surface area (Å²) in [6.07, 6.45) is 0.0554. The molecule has 0 unspecified atom stereocenters. The lowest BCUT2D eigenvalue weighted by Crippen LogP contribution is -2.32. The van der Waals surface area contributed by atoms with E-state index in [1.165, 1.54) is 9.80 Å². The van der Waals surface area contributed by atoms with Gasteiger partial charge in [-0.3, -0.25) is 14.4 Å². The van der Waals surface area contributed by atoms with Crippen molar-refractivity contribution in [3.63, 3.8) is 0 Å². The number of rotatable bonds is 8. The number of amides is 2. The van der Waals surface area contributed by atoms with Gasteiger partial charge in [-0.1, -0.05) is 49.4 Å². The second kappa shape index (κ2) is 10.3. The molecule has 0 bridgehead atoms. The Balaban J connectivity index is 1.66. The van der Waals surface area contributed by atoms with Gasteiger partial charge < -0.3 is 14.2 Å². The van der Waals surface area contributed by atoms with Gasteiger partial charge in [0.1, 0.15) is 0 Å². The average Bonchev–Trinajstić information content (AvgIpc) is 3.36. The van der Waals surface area contributed by atoms with Crippen LogP contribution in [-0.4, -0.2) is 46.8 Å². The lowest BCUT2D eigenvalue weighted by Gasteiger charge is -2.24. The van der Waals surface area contributed by atoms with Crippen LogP contribution >= 0.6 is 0 Å². The number of hydrogen-bond donors (Lipinski definition) is 0. The van der Waals surface area contributed by atoms with E-state index >= 15 is 0 Å². The summed E-state index contributed by atoms with van der Waals surface area (Å²) in [6, 6.07) is 20.7. The molecule has 35 heavy (non-hydrogen) atoms. The first-order valence-corrected chi connectivity index (χ1v) is 11.3. The highest BCUT2D eigenvalue weighted by molar-refractivity contribution is 6.10. The molecule has 4 rings (SSSR count). The van der Waals surface area contributed by atoms with Crippen LogP contribution in [0, 0.1) is 0 Å². The number of ketones is 1. The third-order valence-electron chi connectivity index (χ3n) is 5.59. The zero-order valence-electron chi connectivity index (χ0n) is 19.9. The van der Waals surface area contributed by atoms with Crippen LogP contribution in [0.15, 0.2) is 71.1 Å². The molecule has 3 aromatic carbocycles. The van der Waals surface area contributed by atoms with E-state index in [-0.39, 0.29) is 18.3 Å². The van der Waals surface area contributed by atoms with Crippen LogP contribution in [0.25, 0.3) is 10.8 Å². The topological polar surface area (TPSA) is 96.6 Å². The SMILES string of the molecule is CCc1nnc(C(=O)CC(=O)N(Cc2ccc3ccccc3c2)c2cccc(C(=O)N(C)C)c2)o1. The van der Waals surface area contributed by atoms with Gasteiger partial charge in [-0.25, -0.2) is 0 Å². The Morgan fingerprint density at radius 3 is 2.37 bits per heavy atom. The van der Waals surface area contributed by atoms with Crippen molar-refractivity contribution in [1.82, 2.24) is 15.1 Å². The molecule has 0 atom stereocenters. The summed E-state index contributed by atoms with van der Waals surface area (Å²) < 4.78 is 5.33. The minimum atomic E-state index is -0.550. The number of carbonyl (C=O) groups excluding carboxylic acids is 3. The van der Waals surface area contributed by atoms with Crippen molar-refractivity contribution >= 4 is 34.1 Å². The lowest BCUT2D eigenvalue weighted by atomic mass is 10.1. The molecule has 0 fully saturated rings. The molecule has 8 nitrogen and oxygen atoms in total. The number of anilines is 1. The molecule has 178 valence electrons. The zero-order valence-corrected chi connectivity index (χ0v) is 19.9. The summed E-state index contributed by atoms with van der Waals surface area (Å²) in [4.78, 5) is 41.6. The molecule has 0 spiro atoms. The number of aryl methyl sites for hydroxylation is 1. The fraction of sp³-hybridized carbons (Fsp3) is 0.222. The van der Waals surface area contributed by atoms with E-state index < -0.39 is 18.1 Å². The normalized spacial score (nSPS) is 10.8. The van der Waals surface area contributed by atoms with E-state index in [4.69, 9.17) is 4.42 Å². The van der Waals surface area contributed by atoms with Gasteiger partial charge in [-0.15, -0.1) is 10.2 Å². The quantitative estimate of drug-likeness (QED) is 0.281. The summed E-state index contributed by atoms with van der Waals surface area (Å²) in [5.74, 6) is -1.01. The Bertz CT molecular complexity index is 1390. The largest absolute Gasteiger partial charge is 0.418 e. The van der Waals surface area contributed by atoms with Gasteiger partial charge in [-0.05, 0) is 40.6 Å². The van der Waals surface area contributed by atoms with Crippen LogP contribution in [0.5, 0.6) is 0 Å². The van der Waals surface area contributed by atoms with Gasteiger partial charge >= 0.3 is 0 Å². The number of aromatic nitrogens is 2. The van der Waals surface area contributed by atoms with E-state index in [0.717, 1.165) is 16.3 Å². The van der Waals surface area contributed by atoms with Gasteiger partial charge in [0, 0.05) is 31.8 Å². The lowest BCUT2D eigenvalue weighted by molar-refractivity contribution is -0.118. The standard InChI is InChI=1S/C27H26N4O4/c1-4-24-28-29-26(35-24)23(32)16-25(33)31(22-11-7-10-21(15-22)27(34)30(2)3)17-18-12-13-19-8-5-6-9-20(19)14-18/h5-15H,4,16-17H2,1-3H3. The van der Waals surface area contributed by atoms with Crippen molar-refractivity contribution in [2.45, 2.75) is 26.3 Å². The number of Topliss-reactive ketones (excluding diaryl/α,β-unsaturated/α-hetero) is 1. The van der Waals surface area contributed by atoms with Crippen molar-refractivity contribution in [2.75, 3.05) is 19.0 Å². The van der Waals surface area contributed by atoms with Crippen molar-refractivity contribution < 1.29 is 18.8 Å². The van der Waals surface area contributed by atoms with Crippen LogP contribution in [0.1, 0.15) is 45.8 Å². The van der Waals surface area contributed by atoms with Crippen molar-refractivity contribution in [3.05, 3.63) is 89.6 Å². The zero-order chi connectivity index (χ0) is 24.9. The number of carbonyl (C=O) groups is 3. The van der Waals surface area contributed by atoms with Crippen molar-refractivity contribution in [3.8, 4) is 0 Å². The fourth-order valence-corrected chi connectivity index (χ4v) is 3.73. The summed E-state index contributed by atoms with van der Waals surface area (Å²) in [7, 11) is 3.33. The maximum atomic E-state index is 13.4. The molecule has 0 aliphatic heterocycles. The molecule has 0 saturated carbocycles. The van der Waals surface area contributed by atoms with Crippen molar-refractivity contribution in [1.29, 1.82) is 0 Å². The first-order valence-electron chi connectivity index (χ1n) is 11.3. The van der Waals surface area contributed by atoms with E-state index in [2.05, 4.69) is 10.2 Å². The molecular weight excluding hydrogens is 444 g/mol. The molecule has 1 heterocycles. The minimum Gasteiger partial charge on any atom is -0.418 e. The van der Waals surface area contributed by atoms with Gasteiger partial charge in [0.2, 0.25) is 17.6 Å². The number of nitrogens with zero attached hydrogens (tertiary/aromatic N) is 4. The molecular formula is C27H26N4O4. The first-order chi connectivity index (χ1) is 16.9. The monoisotopic (exact) mass is 470 g/mol. The third kappa shape index (κ3) is 5.43. The van der Waals surface area contributed by atoms with E-state index in [0.29, 0.717) is 23.6 Å². The number of benzene rings is 3. The third-order valence-corrected chi connectivity index (χ3v) is 5.59. The number of hydrogen-bond acceptors (Lipinski definition) is 6. The van der Waals surface area contributed by atoms with Crippen molar-refractivity contribution in [2.24, 2.45) is 0 Å². The Labute approximate surface area is 203 Å². The molecule has 0 saturated heterocycles. The van der Waals surface area contributed by atoms with Crippen LogP contribution in [-0.2, 0) is 17.8 Å². The fourth-order valence-electron chi connectivity index (χ4n) is 3.73. The molecule has 0 radical (unpaired) electrons.